The minimum absolute atomic E-state index is 0.231. The van der Waals surface area contributed by atoms with Gasteiger partial charge in [0.15, 0.2) is 11.6 Å². The van der Waals surface area contributed by atoms with Gasteiger partial charge in [-0.3, -0.25) is 9.69 Å². The van der Waals surface area contributed by atoms with E-state index in [-0.39, 0.29) is 11.9 Å². The van der Waals surface area contributed by atoms with Crippen LogP contribution in [0.5, 0.6) is 0 Å². The third-order valence-electron chi connectivity index (χ3n) is 6.92. The first-order valence-electron chi connectivity index (χ1n) is 12.7. The predicted molar refractivity (Wildman–Crippen MR) is 150 cm³/mol. The summed E-state index contributed by atoms with van der Waals surface area (Å²) in [5.74, 6) is 3.11. The van der Waals surface area contributed by atoms with Crippen molar-refractivity contribution in [3.63, 3.8) is 0 Å². The van der Waals surface area contributed by atoms with Crippen LogP contribution in [0, 0.1) is 6.92 Å². The molecule has 0 unspecified atom stereocenters. The molecule has 2 aliphatic heterocycles. The fourth-order valence-electron chi connectivity index (χ4n) is 4.73. The van der Waals surface area contributed by atoms with Gasteiger partial charge in [0.05, 0.1) is 29.0 Å². The van der Waals surface area contributed by atoms with Gasteiger partial charge in [-0.15, -0.1) is 11.3 Å². The van der Waals surface area contributed by atoms with Crippen molar-refractivity contribution < 1.29 is 9.53 Å². The molecule has 10 nitrogen and oxygen atoms in total. The topological polar surface area (TPSA) is 114 Å². The Morgan fingerprint density at radius 3 is 2.54 bits per heavy atom. The first kappa shape index (κ1) is 26.1. The number of aromatic nitrogens is 4. The van der Waals surface area contributed by atoms with Gasteiger partial charge in [-0.1, -0.05) is 0 Å². The molecular weight excluding hydrogens is 508 g/mol. The lowest BCUT2D eigenvalue weighted by molar-refractivity contribution is -0.133. The standard InChI is InChI=1S/C25H34N8O2S2/c1-17-19(16-31-5-7-32(8-6-31)20(34)4-3-13-36-2)37-22-21(17)29-23(18-14-27-25(26)28-15-18)30-24(22)33-9-11-35-12-10-33/h14-15H,3-13,16H2,1-2H3,(H2,26,27,28). The summed E-state index contributed by atoms with van der Waals surface area (Å²) >= 11 is 3.58. The summed E-state index contributed by atoms with van der Waals surface area (Å²) in [4.78, 5) is 38.8. The van der Waals surface area contributed by atoms with Crippen molar-refractivity contribution in [2.45, 2.75) is 26.3 Å². The van der Waals surface area contributed by atoms with E-state index in [1.54, 1.807) is 35.5 Å². The average Bonchev–Trinajstić information content (AvgIpc) is 3.24. The zero-order valence-electron chi connectivity index (χ0n) is 21.5. The van der Waals surface area contributed by atoms with Gasteiger partial charge in [-0.2, -0.15) is 11.8 Å². The second-order valence-electron chi connectivity index (χ2n) is 9.38. The summed E-state index contributed by atoms with van der Waals surface area (Å²) in [5.41, 5.74) is 8.61. The van der Waals surface area contributed by atoms with Gasteiger partial charge in [-0.25, -0.2) is 19.9 Å². The van der Waals surface area contributed by atoms with E-state index >= 15 is 0 Å². The van der Waals surface area contributed by atoms with Crippen LogP contribution in [0.1, 0.15) is 23.3 Å². The number of piperazine rings is 1. The fourth-order valence-corrected chi connectivity index (χ4v) is 6.46. The summed E-state index contributed by atoms with van der Waals surface area (Å²) in [6.45, 7) is 9.32. The molecular formula is C25H34N8O2S2. The molecule has 0 atom stereocenters. The maximum atomic E-state index is 12.5. The van der Waals surface area contributed by atoms with E-state index in [0.29, 0.717) is 25.5 Å². The van der Waals surface area contributed by atoms with Gasteiger partial charge in [0.2, 0.25) is 11.9 Å². The van der Waals surface area contributed by atoms with Gasteiger partial charge >= 0.3 is 0 Å². The zero-order valence-corrected chi connectivity index (χ0v) is 23.1. The van der Waals surface area contributed by atoms with Crippen molar-refractivity contribution in [2.75, 3.05) is 75.1 Å². The Morgan fingerprint density at radius 2 is 1.84 bits per heavy atom. The van der Waals surface area contributed by atoms with E-state index in [2.05, 4.69) is 32.9 Å². The Bertz CT molecular complexity index is 1220. The molecule has 3 aromatic heterocycles. The molecule has 0 aliphatic carbocycles. The summed E-state index contributed by atoms with van der Waals surface area (Å²) in [7, 11) is 0. The molecule has 198 valence electrons. The van der Waals surface area contributed by atoms with E-state index in [4.69, 9.17) is 20.4 Å². The molecule has 2 N–H and O–H groups in total. The summed E-state index contributed by atoms with van der Waals surface area (Å²) in [5, 5.41) is 0. The van der Waals surface area contributed by atoms with E-state index < -0.39 is 0 Å². The summed E-state index contributed by atoms with van der Waals surface area (Å²) < 4.78 is 6.70. The predicted octanol–water partition coefficient (Wildman–Crippen LogP) is 2.66. The number of carbonyl (C=O) groups is 1. The maximum absolute atomic E-state index is 12.5. The smallest absolute Gasteiger partial charge is 0.222 e. The van der Waals surface area contributed by atoms with Gasteiger partial charge in [-0.05, 0) is 30.9 Å². The van der Waals surface area contributed by atoms with Crippen molar-refractivity contribution in [2.24, 2.45) is 0 Å². The number of amides is 1. The number of hydrogen-bond acceptors (Lipinski definition) is 11. The number of thiophene rings is 1. The van der Waals surface area contributed by atoms with Gasteiger partial charge < -0.3 is 20.3 Å². The lowest BCUT2D eigenvalue weighted by atomic mass is 10.2. The summed E-state index contributed by atoms with van der Waals surface area (Å²) in [6.07, 6.45) is 7.05. The van der Waals surface area contributed by atoms with Crippen LogP contribution in [-0.4, -0.2) is 100 Å². The molecule has 5 rings (SSSR count). The van der Waals surface area contributed by atoms with Gasteiger partial charge in [0.1, 0.15) is 0 Å². The van der Waals surface area contributed by atoms with Crippen LogP contribution in [0.25, 0.3) is 21.6 Å². The Morgan fingerprint density at radius 1 is 1.11 bits per heavy atom. The van der Waals surface area contributed by atoms with Crippen LogP contribution in [0.3, 0.4) is 0 Å². The highest BCUT2D eigenvalue weighted by Gasteiger charge is 2.25. The van der Waals surface area contributed by atoms with Crippen molar-refractivity contribution in [1.82, 2.24) is 29.7 Å². The normalized spacial score (nSPS) is 17.0. The van der Waals surface area contributed by atoms with Crippen molar-refractivity contribution in [3.05, 3.63) is 22.8 Å². The first-order valence-corrected chi connectivity index (χ1v) is 14.9. The maximum Gasteiger partial charge on any atom is 0.222 e. The molecule has 0 spiro atoms. The molecule has 37 heavy (non-hydrogen) atoms. The minimum Gasteiger partial charge on any atom is -0.378 e. The molecule has 0 saturated carbocycles. The van der Waals surface area contributed by atoms with E-state index in [9.17, 15) is 4.79 Å². The molecule has 0 radical (unpaired) electrons. The van der Waals surface area contributed by atoms with Crippen LogP contribution in [0.15, 0.2) is 12.4 Å². The van der Waals surface area contributed by atoms with Crippen LogP contribution >= 0.6 is 23.1 Å². The monoisotopic (exact) mass is 542 g/mol. The molecule has 12 heteroatoms. The number of fused-ring (bicyclic) bond motifs is 1. The largest absolute Gasteiger partial charge is 0.378 e. The molecule has 5 heterocycles. The second-order valence-corrected chi connectivity index (χ2v) is 11.5. The van der Waals surface area contributed by atoms with E-state index in [1.807, 2.05) is 4.90 Å². The summed E-state index contributed by atoms with van der Waals surface area (Å²) in [6, 6.07) is 0. The first-order chi connectivity index (χ1) is 18.0. The third kappa shape index (κ3) is 5.97. The Balaban J connectivity index is 1.37. The Labute approximate surface area is 225 Å². The van der Waals surface area contributed by atoms with E-state index in [0.717, 1.165) is 79.6 Å². The minimum atomic E-state index is 0.231. The SMILES string of the molecule is CSCCCC(=O)N1CCN(Cc2sc3c(N4CCOCC4)nc(-c4cnc(N)nc4)nc3c2C)CC1. The van der Waals surface area contributed by atoms with E-state index in [1.165, 1.54) is 10.4 Å². The molecule has 2 aliphatic rings. The second kappa shape index (κ2) is 11.9. The van der Waals surface area contributed by atoms with Crippen molar-refractivity contribution in [1.29, 1.82) is 0 Å². The van der Waals surface area contributed by atoms with Gasteiger partial charge in [0, 0.05) is 69.5 Å². The number of nitrogen functional groups attached to an aromatic ring is 1. The van der Waals surface area contributed by atoms with Crippen LogP contribution in [0.4, 0.5) is 11.8 Å². The molecule has 2 saturated heterocycles. The fraction of sp³-hybridized carbons (Fsp3) is 0.560. The number of nitrogens with zero attached hydrogens (tertiary/aromatic N) is 7. The third-order valence-corrected chi connectivity index (χ3v) is 8.88. The number of nitrogens with two attached hydrogens (primary N) is 1. The van der Waals surface area contributed by atoms with Crippen molar-refractivity contribution >= 4 is 51.0 Å². The van der Waals surface area contributed by atoms with Crippen molar-refractivity contribution in [3.8, 4) is 11.4 Å². The molecule has 0 bridgehead atoms. The molecule has 0 aromatic carbocycles. The number of ether oxygens (including phenoxy) is 1. The number of morpholine rings is 1. The quantitative estimate of drug-likeness (QED) is 0.426. The number of rotatable bonds is 8. The van der Waals surface area contributed by atoms with Crippen LogP contribution in [0.2, 0.25) is 0 Å². The highest BCUT2D eigenvalue weighted by atomic mass is 32.2. The van der Waals surface area contributed by atoms with Crippen LogP contribution in [-0.2, 0) is 16.1 Å². The Hall–Kier alpha value is -2.54. The average molecular weight is 543 g/mol. The lowest BCUT2D eigenvalue weighted by Crippen LogP contribution is -2.48. The number of carbonyl (C=O) groups excluding carboxylic acids is 1. The molecule has 1 amide bonds. The number of anilines is 2. The van der Waals surface area contributed by atoms with Gasteiger partial charge in [0.25, 0.3) is 0 Å². The number of aryl methyl sites for hydroxylation is 1. The molecule has 3 aromatic rings. The number of hydrogen-bond donors (Lipinski definition) is 1. The lowest BCUT2D eigenvalue weighted by Gasteiger charge is -2.34. The number of thioether (sulfide) groups is 1. The highest BCUT2D eigenvalue weighted by molar-refractivity contribution is 7.98. The Kier molecular flexibility index (Phi) is 8.38. The zero-order chi connectivity index (χ0) is 25.8. The highest BCUT2D eigenvalue weighted by Crippen LogP contribution is 2.38. The van der Waals surface area contributed by atoms with Crippen LogP contribution < -0.4 is 10.6 Å². The molecule has 2 fully saturated rings.